The Labute approximate surface area is 116 Å². The Hall–Kier alpha value is -1.32. The topological polar surface area (TPSA) is 24.5 Å². The van der Waals surface area contributed by atoms with E-state index >= 15 is 0 Å². The van der Waals surface area contributed by atoms with E-state index in [1.807, 2.05) is 6.07 Å². The van der Waals surface area contributed by atoms with Crippen molar-refractivity contribution in [1.29, 1.82) is 0 Å². The second-order valence-electron chi connectivity index (χ2n) is 5.24. The number of methoxy groups -OCH3 is 1. The highest BCUT2D eigenvalue weighted by Gasteiger charge is 2.22. The largest absolute Gasteiger partial charge is 0.497 e. The fraction of sp³-hybridized carbons (Fsp3) is 0.500. The molecule has 3 nitrogen and oxygen atoms in total. The summed E-state index contributed by atoms with van der Waals surface area (Å²) < 4.78 is 5.34. The maximum absolute atomic E-state index is 5.34. The van der Waals surface area contributed by atoms with Crippen molar-refractivity contribution in [2.75, 3.05) is 33.3 Å². The van der Waals surface area contributed by atoms with Gasteiger partial charge in [-0.2, -0.15) is 0 Å². The van der Waals surface area contributed by atoms with Crippen LogP contribution in [0.1, 0.15) is 24.9 Å². The summed E-state index contributed by atoms with van der Waals surface area (Å²) in [7, 11) is 1.72. The lowest BCUT2D eigenvalue weighted by molar-refractivity contribution is 0.172. The molecule has 1 heterocycles. The van der Waals surface area contributed by atoms with Gasteiger partial charge in [0.25, 0.3) is 0 Å². The van der Waals surface area contributed by atoms with Crippen LogP contribution in [0, 0.1) is 0 Å². The summed E-state index contributed by atoms with van der Waals surface area (Å²) in [6.45, 7) is 10.5. The van der Waals surface area contributed by atoms with E-state index in [0.29, 0.717) is 6.04 Å². The zero-order valence-electron chi connectivity index (χ0n) is 12.0. The molecule has 1 aromatic carbocycles. The molecule has 0 amide bonds. The summed E-state index contributed by atoms with van der Waals surface area (Å²) in [5.74, 6) is 0.930. The number of hydrogen-bond donors (Lipinski definition) is 1. The number of nitrogens with zero attached hydrogens (tertiary/aromatic N) is 1. The van der Waals surface area contributed by atoms with E-state index in [9.17, 15) is 0 Å². The van der Waals surface area contributed by atoms with Gasteiger partial charge < -0.3 is 10.1 Å². The third kappa shape index (κ3) is 3.82. The predicted octanol–water partition coefficient (Wildman–Crippen LogP) is 2.61. The lowest BCUT2D eigenvalue weighted by Crippen LogP contribution is -2.45. The van der Waals surface area contributed by atoms with Crippen LogP contribution in [0.15, 0.2) is 36.4 Å². The molecule has 1 saturated heterocycles. The molecule has 1 atom stereocenters. The molecule has 0 aliphatic carbocycles. The van der Waals surface area contributed by atoms with Gasteiger partial charge in [0, 0.05) is 32.2 Å². The Morgan fingerprint density at radius 1 is 1.42 bits per heavy atom. The van der Waals surface area contributed by atoms with Crippen molar-refractivity contribution >= 4 is 0 Å². The van der Waals surface area contributed by atoms with Crippen molar-refractivity contribution in [3.63, 3.8) is 0 Å². The third-order valence-electron chi connectivity index (χ3n) is 3.61. The van der Waals surface area contributed by atoms with Gasteiger partial charge in [0.2, 0.25) is 0 Å². The first-order chi connectivity index (χ1) is 9.20. The minimum Gasteiger partial charge on any atom is -0.497 e. The Morgan fingerprint density at radius 2 is 2.16 bits per heavy atom. The molecule has 0 bridgehead atoms. The fourth-order valence-corrected chi connectivity index (χ4v) is 2.63. The molecule has 0 aromatic heterocycles. The Kier molecular flexibility index (Phi) is 5.00. The van der Waals surface area contributed by atoms with Crippen molar-refractivity contribution in [2.24, 2.45) is 0 Å². The van der Waals surface area contributed by atoms with Gasteiger partial charge in [-0.1, -0.05) is 17.7 Å². The summed E-state index contributed by atoms with van der Waals surface area (Å²) in [6, 6.07) is 8.82. The fourth-order valence-electron chi connectivity index (χ4n) is 2.63. The zero-order valence-corrected chi connectivity index (χ0v) is 12.0. The van der Waals surface area contributed by atoms with Crippen LogP contribution in [-0.4, -0.2) is 38.2 Å². The van der Waals surface area contributed by atoms with Gasteiger partial charge in [-0.15, -0.1) is 6.58 Å². The predicted molar refractivity (Wildman–Crippen MR) is 79.6 cm³/mol. The van der Waals surface area contributed by atoms with Crippen LogP contribution in [-0.2, 0) is 0 Å². The first-order valence-electron chi connectivity index (χ1n) is 6.94. The molecule has 19 heavy (non-hydrogen) atoms. The molecule has 1 aliphatic heterocycles. The second-order valence-corrected chi connectivity index (χ2v) is 5.24. The smallest absolute Gasteiger partial charge is 0.119 e. The van der Waals surface area contributed by atoms with E-state index in [1.165, 1.54) is 11.1 Å². The van der Waals surface area contributed by atoms with E-state index in [0.717, 1.165) is 38.3 Å². The minimum atomic E-state index is 0.412. The van der Waals surface area contributed by atoms with Gasteiger partial charge in [0.15, 0.2) is 0 Å². The van der Waals surface area contributed by atoms with Crippen LogP contribution in [0.2, 0.25) is 0 Å². The van der Waals surface area contributed by atoms with Crippen molar-refractivity contribution in [3.05, 3.63) is 42.0 Å². The average molecular weight is 260 g/mol. The maximum Gasteiger partial charge on any atom is 0.119 e. The van der Waals surface area contributed by atoms with Crippen LogP contribution < -0.4 is 10.1 Å². The first-order valence-corrected chi connectivity index (χ1v) is 6.94. The van der Waals surface area contributed by atoms with Crippen LogP contribution in [0.5, 0.6) is 5.75 Å². The SMILES string of the molecule is C=C(C)C[C@H](c1cccc(OC)c1)N1CCNCC1. The molecular weight excluding hydrogens is 236 g/mol. The van der Waals surface area contributed by atoms with Gasteiger partial charge in [-0.25, -0.2) is 0 Å². The highest BCUT2D eigenvalue weighted by atomic mass is 16.5. The number of piperazine rings is 1. The van der Waals surface area contributed by atoms with E-state index in [-0.39, 0.29) is 0 Å². The first kappa shape index (κ1) is 14.1. The van der Waals surface area contributed by atoms with Crippen molar-refractivity contribution in [1.82, 2.24) is 10.2 Å². The molecule has 0 radical (unpaired) electrons. The summed E-state index contributed by atoms with van der Waals surface area (Å²) in [5, 5.41) is 3.41. The van der Waals surface area contributed by atoms with Gasteiger partial charge >= 0.3 is 0 Å². The summed E-state index contributed by atoms with van der Waals surface area (Å²) in [6.07, 6.45) is 1.01. The average Bonchev–Trinajstić information content (AvgIpc) is 2.45. The lowest BCUT2D eigenvalue weighted by Gasteiger charge is -2.35. The number of nitrogens with one attached hydrogen (secondary N) is 1. The molecule has 1 aliphatic rings. The lowest BCUT2D eigenvalue weighted by atomic mass is 9.98. The molecule has 1 aromatic rings. The molecule has 1 N–H and O–H groups in total. The van der Waals surface area contributed by atoms with Crippen molar-refractivity contribution < 1.29 is 4.74 Å². The number of hydrogen-bond acceptors (Lipinski definition) is 3. The Morgan fingerprint density at radius 3 is 2.79 bits per heavy atom. The molecule has 2 rings (SSSR count). The highest BCUT2D eigenvalue weighted by Crippen LogP contribution is 2.29. The van der Waals surface area contributed by atoms with E-state index in [2.05, 4.69) is 41.9 Å². The summed E-state index contributed by atoms with van der Waals surface area (Å²) >= 11 is 0. The molecule has 1 fully saturated rings. The number of benzene rings is 1. The normalized spacial score (nSPS) is 18.0. The quantitative estimate of drug-likeness (QED) is 0.824. The van der Waals surface area contributed by atoms with E-state index in [4.69, 9.17) is 4.74 Å². The minimum absolute atomic E-state index is 0.412. The van der Waals surface area contributed by atoms with Gasteiger partial charge in [0.05, 0.1) is 7.11 Å². The Bertz CT molecular complexity index is 425. The molecule has 0 unspecified atom stereocenters. The van der Waals surface area contributed by atoms with Gasteiger partial charge in [0.1, 0.15) is 5.75 Å². The molecular formula is C16H24N2O. The van der Waals surface area contributed by atoms with Crippen LogP contribution in [0.3, 0.4) is 0 Å². The zero-order chi connectivity index (χ0) is 13.7. The van der Waals surface area contributed by atoms with Gasteiger partial charge in [-0.3, -0.25) is 4.90 Å². The number of rotatable bonds is 5. The highest BCUT2D eigenvalue weighted by molar-refractivity contribution is 5.31. The molecule has 0 spiro atoms. The van der Waals surface area contributed by atoms with Gasteiger partial charge in [-0.05, 0) is 31.0 Å². The molecule has 3 heteroatoms. The Balaban J connectivity index is 2.21. The maximum atomic E-state index is 5.34. The molecule has 104 valence electrons. The number of ether oxygens (including phenoxy) is 1. The van der Waals surface area contributed by atoms with E-state index in [1.54, 1.807) is 7.11 Å². The van der Waals surface area contributed by atoms with E-state index < -0.39 is 0 Å². The monoisotopic (exact) mass is 260 g/mol. The molecule has 0 saturated carbocycles. The van der Waals surface area contributed by atoms with Crippen molar-refractivity contribution in [2.45, 2.75) is 19.4 Å². The van der Waals surface area contributed by atoms with Crippen LogP contribution in [0.25, 0.3) is 0 Å². The summed E-state index contributed by atoms with van der Waals surface area (Å²) in [4.78, 5) is 2.54. The third-order valence-corrected chi connectivity index (χ3v) is 3.61. The summed E-state index contributed by atoms with van der Waals surface area (Å²) in [5.41, 5.74) is 2.55. The second kappa shape index (κ2) is 6.73. The van der Waals surface area contributed by atoms with Crippen molar-refractivity contribution in [3.8, 4) is 5.75 Å². The van der Waals surface area contributed by atoms with Crippen LogP contribution >= 0.6 is 0 Å². The van der Waals surface area contributed by atoms with Crippen LogP contribution in [0.4, 0.5) is 0 Å². The standard InChI is InChI=1S/C16H24N2O/c1-13(2)11-16(18-9-7-17-8-10-18)14-5-4-6-15(12-14)19-3/h4-6,12,16-17H,1,7-11H2,2-3H3/t16-/m1/s1.